The topological polar surface area (TPSA) is 87.5 Å². The summed E-state index contributed by atoms with van der Waals surface area (Å²) in [7, 11) is 2.41. The molecule has 46 heavy (non-hydrogen) atoms. The minimum Gasteiger partial charge on any atom is -0.336 e. The minimum absolute atomic E-state index is 0.0208. The summed E-state index contributed by atoms with van der Waals surface area (Å²) in [6.45, 7) is 1.77. The number of rotatable bonds is 5. The van der Waals surface area contributed by atoms with Gasteiger partial charge in [0.15, 0.2) is 5.82 Å². The van der Waals surface area contributed by atoms with Crippen LogP contribution in [0.15, 0.2) is 66.7 Å². The molecule has 3 aromatic carbocycles. The van der Waals surface area contributed by atoms with Gasteiger partial charge in [-0.25, -0.2) is 9.18 Å². The molecule has 1 aliphatic rings. The van der Waals surface area contributed by atoms with E-state index in [0.29, 0.717) is 39.7 Å². The van der Waals surface area contributed by atoms with Crippen molar-refractivity contribution in [2.24, 2.45) is 0 Å². The van der Waals surface area contributed by atoms with Crippen molar-refractivity contribution >= 4 is 17.6 Å². The third-order valence-electron chi connectivity index (χ3n) is 7.90. The van der Waals surface area contributed by atoms with Crippen molar-refractivity contribution in [2.45, 2.75) is 31.2 Å². The average molecular weight is 650 g/mol. The van der Waals surface area contributed by atoms with Gasteiger partial charge in [0.1, 0.15) is 5.82 Å². The van der Waals surface area contributed by atoms with Gasteiger partial charge in [0.05, 0.1) is 22.9 Å². The number of carbonyl (C=O) groups is 2. The Balaban J connectivity index is 1.43. The number of amides is 3. The van der Waals surface area contributed by atoms with E-state index in [4.69, 9.17) is 0 Å². The Morgan fingerprint density at radius 1 is 0.848 bits per heavy atom. The molecular formula is C30H26F7N7O2. The van der Waals surface area contributed by atoms with Crippen molar-refractivity contribution < 1.29 is 40.3 Å². The molecule has 0 radical (unpaired) electrons. The van der Waals surface area contributed by atoms with Crippen molar-refractivity contribution in [3.05, 3.63) is 101 Å². The Labute approximate surface area is 257 Å². The van der Waals surface area contributed by atoms with Crippen LogP contribution in [0.2, 0.25) is 0 Å². The molecule has 0 aliphatic carbocycles. The molecule has 2 atom stereocenters. The van der Waals surface area contributed by atoms with E-state index >= 15 is 0 Å². The van der Waals surface area contributed by atoms with Crippen LogP contribution in [0.25, 0.3) is 5.69 Å². The first-order valence-corrected chi connectivity index (χ1v) is 13.7. The first kappa shape index (κ1) is 32.4. The molecule has 0 bridgehead atoms. The van der Waals surface area contributed by atoms with E-state index in [-0.39, 0.29) is 19.2 Å². The maximum atomic E-state index is 13.8. The molecule has 0 unspecified atom stereocenters. The van der Waals surface area contributed by atoms with Crippen molar-refractivity contribution in [1.82, 2.24) is 30.0 Å². The lowest BCUT2D eigenvalue weighted by atomic mass is 9.93. The molecule has 1 aliphatic heterocycles. The number of tetrazole rings is 1. The molecule has 2 heterocycles. The molecule has 1 aromatic heterocycles. The Hall–Kier alpha value is -5.02. The van der Waals surface area contributed by atoms with Crippen LogP contribution in [0.5, 0.6) is 0 Å². The zero-order chi connectivity index (χ0) is 33.6. The summed E-state index contributed by atoms with van der Waals surface area (Å²) in [5.41, 5.74) is -2.26. The fourth-order valence-electron chi connectivity index (χ4n) is 5.40. The van der Waals surface area contributed by atoms with E-state index in [2.05, 4.69) is 15.5 Å². The number of hydrogen-bond donors (Lipinski definition) is 0. The standard InChI is InChI=1S/C30H26F7N7O2/c1-17-38-39-40-44(17)23-10-6-19(7-11-23)27(45)43-15-25(18-4-8-22(31)9-5-18)26(16-43)42(3)28(46)41(2)24-13-20(29(32,33)34)12-21(14-24)30(35,36)37/h4-14,25-26H,15-16H2,1-3H3/t25-,26+/m0/s1. The summed E-state index contributed by atoms with van der Waals surface area (Å²) < 4.78 is 96.2. The van der Waals surface area contributed by atoms with Crippen LogP contribution in [0, 0.1) is 12.7 Å². The van der Waals surface area contributed by atoms with Gasteiger partial charge in [-0.15, -0.1) is 5.10 Å². The van der Waals surface area contributed by atoms with Gasteiger partial charge in [-0.05, 0) is 77.5 Å². The van der Waals surface area contributed by atoms with Gasteiger partial charge in [-0.2, -0.15) is 31.0 Å². The average Bonchev–Trinajstić information content (AvgIpc) is 3.66. The predicted octanol–water partition coefficient (Wildman–Crippen LogP) is 5.94. The molecule has 1 fully saturated rings. The van der Waals surface area contributed by atoms with Crippen LogP contribution in [0.1, 0.15) is 38.8 Å². The highest BCUT2D eigenvalue weighted by atomic mass is 19.4. The SMILES string of the molecule is Cc1nnnn1-c1ccc(C(=O)N2C[C@@H](N(C)C(=O)N(C)c3cc(C(F)(F)F)cc(C(F)(F)F)c3)[C@H](c3ccc(F)cc3)C2)cc1. The number of carbonyl (C=O) groups excluding carboxylic acids is 2. The summed E-state index contributed by atoms with van der Waals surface area (Å²) >= 11 is 0. The maximum Gasteiger partial charge on any atom is 0.416 e. The number of urea groups is 1. The Bertz CT molecular complexity index is 1710. The monoisotopic (exact) mass is 649 g/mol. The largest absolute Gasteiger partial charge is 0.416 e. The lowest BCUT2D eigenvalue weighted by Crippen LogP contribution is -2.47. The number of likely N-dealkylation sites (N-methyl/N-ethyl adjacent to an activating group) is 1. The second-order valence-electron chi connectivity index (χ2n) is 10.8. The smallest absolute Gasteiger partial charge is 0.336 e. The molecule has 9 nitrogen and oxygen atoms in total. The van der Waals surface area contributed by atoms with Gasteiger partial charge >= 0.3 is 18.4 Å². The summed E-state index contributed by atoms with van der Waals surface area (Å²) in [5, 5.41) is 11.3. The lowest BCUT2D eigenvalue weighted by Gasteiger charge is -2.33. The molecule has 0 saturated carbocycles. The van der Waals surface area contributed by atoms with E-state index in [1.54, 1.807) is 31.2 Å². The number of halogens is 7. The van der Waals surface area contributed by atoms with E-state index in [1.807, 2.05) is 0 Å². The summed E-state index contributed by atoms with van der Waals surface area (Å²) in [4.78, 5) is 30.5. The number of alkyl halides is 6. The van der Waals surface area contributed by atoms with Gasteiger partial charge in [-0.1, -0.05) is 12.1 Å². The van der Waals surface area contributed by atoms with Crippen molar-refractivity contribution in [3.8, 4) is 5.69 Å². The minimum atomic E-state index is -5.10. The molecule has 242 valence electrons. The Morgan fingerprint density at radius 2 is 1.43 bits per heavy atom. The van der Waals surface area contributed by atoms with Crippen LogP contribution >= 0.6 is 0 Å². The Kier molecular flexibility index (Phi) is 8.49. The van der Waals surface area contributed by atoms with Gasteiger partial charge in [0, 0.05) is 44.4 Å². The number of anilines is 1. The van der Waals surface area contributed by atoms with Gasteiger partial charge in [0.25, 0.3) is 5.91 Å². The molecule has 1 saturated heterocycles. The van der Waals surface area contributed by atoms with E-state index in [0.717, 1.165) is 7.05 Å². The third kappa shape index (κ3) is 6.50. The number of benzene rings is 3. The molecule has 4 aromatic rings. The summed E-state index contributed by atoms with van der Waals surface area (Å²) in [6.07, 6.45) is -10.2. The van der Waals surface area contributed by atoms with E-state index < -0.39 is 58.9 Å². The van der Waals surface area contributed by atoms with E-state index in [9.17, 15) is 40.3 Å². The number of nitrogens with zero attached hydrogens (tertiary/aromatic N) is 7. The van der Waals surface area contributed by atoms with Crippen LogP contribution in [-0.2, 0) is 12.4 Å². The van der Waals surface area contributed by atoms with Crippen molar-refractivity contribution in [1.29, 1.82) is 0 Å². The lowest BCUT2D eigenvalue weighted by molar-refractivity contribution is -0.143. The highest BCUT2D eigenvalue weighted by Crippen LogP contribution is 2.39. The predicted molar refractivity (Wildman–Crippen MR) is 151 cm³/mol. The normalized spacial score (nSPS) is 16.9. The highest BCUT2D eigenvalue weighted by molar-refractivity contribution is 5.95. The first-order valence-electron chi connectivity index (χ1n) is 13.7. The molecule has 0 N–H and O–H groups in total. The number of hydrogen-bond acceptors (Lipinski definition) is 5. The van der Waals surface area contributed by atoms with Crippen LogP contribution in [0.4, 0.5) is 41.2 Å². The second-order valence-corrected chi connectivity index (χ2v) is 10.8. The number of aryl methyl sites for hydroxylation is 1. The fourth-order valence-corrected chi connectivity index (χ4v) is 5.40. The second kappa shape index (κ2) is 12.1. The van der Waals surface area contributed by atoms with Crippen LogP contribution in [-0.4, -0.2) is 75.2 Å². The number of aromatic nitrogens is 4. The maximum absolute atomic E-state index is 13.8. The summed E-state index contributed by atoms with van der Waals surface area (Å²) in [6, 6.07) is 11.1. The van der Waals surface area contributed by atoms with Crippen molar-refractivity contribution in [2.75, 3.05) is 32.1 Å². The zero-order valence-corrected chi connectivity index (χ0v) is 24.5. The molecule has 0 spiro atoms. The Morgan fingerprint density at radius 3 is 1.96 bits per heavy atom. The third-order valence-corrected chi connectivity index (χ3v) is 7.90. The molecule has 16 heteroatoms. The number of likely N-dealkylation sites (tertiary alicyclic amines) is 1. The zero-order valence-electron chi connectivity index (χ0n) is 24.5. The van der Waals surface area contributed by atoms with E-state index in [1.165, 1.54) is 45.8 Å². The van der Waals surface area contributed by atoms with Crippen LogP contribution < -0.4 is 4.90 Å². The molecular weight excluding hydrogens is 623 g/mol. The van der Waals surface area contributed by atoms with Crippen LogP contribution in [0.3, 0.4) is 0 Å². The quantitative estimate of drug-likeness (QED) is 0.250. The molecule has 3 amide bonds. The van der Waals surface area contributed by atoms with Gasteiger partial charge in [-0.3, -0.25) is 9.69 Å². The highest BCUT2D eigenvalue weighted by Gasteiger charge is 2.42. The van der Waals surface area contributed by atoms with Gasteiger partial charge < -0.3 is 9.80 Å². The van der Waals surface area contributed by atoms with Crippen molar-refractivity contribution in [3.63, 3.8) is 0 Å². The fraction of sp³-hybridized carbons (Fsp3) is 0.300. The first-order chi connectivity index (χ1) is 21.5. The van der Waals surface area contributed by atoms with Gasteiger partial charge in [0.2, 0.25) is 0 Å². The summed E-state index contributed by atoms with van der Waals surface area (Å²) in [5.74, 6) is -0.946. The molecule has 5 rings (SSSR count).